The van der Waals surface area contributed by atoms with Crippen molar-refractivity contribution in [3.63, 3.8) is 0 Å². The maximum absolute atomic E-state index is 13.0. The number of hydrogen-bond donors (Lipinski definition) is 0. The van der Waals surface area contributed by atoms with Crippen molar-refractivity contribution in [1.29, 1.82) is 0 Å². The van der Waals surface area contributed by atoms with E-state index in [9.17, 15) is 8.42 Å². The molecule has 178 valence electrons. The van der Waals surface area contributed by atoms with Crippen molar-refractivity contribution in [2.24, 2.45) is 5.92 Å². The first kappa shape index (κ1) is 25.2. The second-order valence-corrected chi connectivity index (χ2v) is 11.2. The number of benzene rings is 1. The summed E-state index contributed by atoms with van der Waals surface area (Å²) in [5.74, 6) is 2.04. The van der Waals surface area contributed by atoms with E-state index < -0.39 is 10.0 Å². The number of sulfonamides is 1. The Morgan fingerprint density at radius 3 is 2.53 bits per heavy atom. The number of rotatable bonds is 11. The number of thioether (sulfide) groups is 1. The number of ether oxygens (including phenoxy) is 1. The minimum Gasteiger partial charge on any atom is -0.379 e. The molecule has 1 aliphatic heterocycles. The minimum absolute atomic E-state index is 0.291. The fourth-order valence-electron chi connectivity index (χ4n) is 3.74. The van der Waals surface area contributed by atoms with Gasteiger partial charge in [0.15, 0.2) is 11.0 Å². The Hall–Kier alpha value is -1.46. The van der Waals surface area contributed by atoms with Crippen LogP contribution in [0.1, 0.15) is 27.7 Å². The average molecular weight is 482 g/mol. The molecule has 10 heteroatoms. The predicted molar refractivity (Wildman–Crippen MR) is 128 cm³/mol. The maximum Gasteiger partial charge on any atom is 0.243 e. The molecule has 3 rings (SSSR count). The first-order chi connectivity index (χ1) is 15.4. The summed E-state index contributed by atoms with van der Waals surface area (Å²) in [6.07, 6.45) is 0. The second-order valence-electron chi connectivity index (χ2n) is 8.23. The Kier molecular flexibility index (Phi) is 9.13. The van der Waals surface area contributed by atoms with Gasteiger partial charge in [0.1, 0.15) is 0 Å². The van der Waals surface area contributed by atoms with E-state index in [1.54, 1.807) is 30.0 Å². The van der Waals surface area contributed by atoms with Crippen LogP contribution in [0.3, 0.4) is 0 Å². The third-order valence-electron chi connectivity index (χ3n) is 5.44. The Morgan fingerprint density at radius 2 is 1.88 bits per heavy atom. The highest BCUT2D eigenvalue weighted by Crippen LogP contribution is 2.28. The monoisotopic (exact) mass is 481 g/mol. The molecular weight excluding hydrogens is 446 g/mol. The van der Waals surface area contributed by atoms with Gasteiger partial charge in [-0.05, 0) is 18.1 Å². The zero-order chi connectivity index (χ0) is 23.1. The molecule has 2 aromatic rings. The van der Waals surface area contributed by atoms with Crippen LogP contribution in [-0.4, -0.2) is 84.1 Å². The van der Waals surface area contributed by atoms with Gasteiger partial charge < -0.3 is 9.30 Å². The van der Waals surface area contributed by atoms with E-state index >= 15 is 0 Å². The summed E-state index contributed by atoms with van der Waals surface area (Å²) in [7, 11) is -3.53. The van der Waals surface area contributed by atoms with Gasteiger partial charge in [-0.3, -0.25) is 4.90 Å². The summed E-state index contributed by atoms with van der Waals surface area (Å²) in [6, 6.07) is 7.06. The molecule has 8 nitrogen and oxygen atoms in total. The lowest BCUT2D eigenvalue weighted by molar-refractivity contribution is 0.0410. The van der Waals surface area contributed by atoms with E-state index in [0.29, 0.717) is 29.7 Å². The van der Waals surface area contributed by atoms with Crippen molar-refractivity contribution in [2.75, 3.05) is 51.7 Å². The zero-order valence-corrected chi connectivity index (χ0v) is 21.2. The lowest BCUT2D eigenvalue weighted by Gasteiger charge is -2.26. The molecule has 2 heterocycles. The SMILES string of the molecule is CCN(CC)S(=O)(=O)c1cccc(-c2nnc(SCCN3CCOCC3)n2CC(C)C)c1. The van der Waals surface area contributed by atoms with E-state index in [0.717, 1.165) is 55.9 Å². The molecule has 0 saturated carbocycles. The van der Waals surface area contributed by atoms with Crippen molar-refractivity contribution in [3.05, 3.63) is 24.3 Å². The molecule has 1 aliphatic rings. The van der Waals surface area contributed by atoms with Crippen molar-refractivity contribution in [2.45, 2.75) is 44.3 Å². The fourth-order valence-corrected chi connectivity index (χ4v) is 6.19. The van der Waals surface area contributed by atoms with Crippen LogP contribution in [0.25, 0.3) is 11.4 Å². The highest BCUT2D eigenvalue weighted by Gasteiger charge is 2.23. The summed E-state index contributed by atoms with van der Waals surface area (Å²) in [5, 5.41) is 9.80. The first-order valence-electron chi connectivity index (χ1n) is 11.3. The Balaban J connectivity index is 1.84. The molecule has 32 heavy (non-hydrogen) atoms. The molecule has 1 fully saturated rings. The summed E-state index contributed by atoms with van der Waals surface area (Å²) in [6.45, 7) is 14.2. The molecule has 1 aromatic carbocycles. The second kappa shape index (κ2) is 11.6. The minimum atomic E-state index is -3.53. The van der Waals surface area contributed by atoms with Crippen molar-refractivity contribution < 1.29 is 13.2 Å². The van der Waals surface area contributed by atoms with Crippen molar-refractivity contribution >= 4 is 21.8 Å². The largest absolute Gasteiger partial charge is 0.379 e. The van der Waals surface area contributed by atoms with E-state index in [1.807, 2.05) is 19.9 Å². The highest BCUT2D eigenvalue weighted by molar-refractivity contribution is 7.99. The molecule has 0 atom stereocenters. The standard InChI is InChI=1S/C22H35N5O3S2/c1-5-26(6-2)32(28,29)20-9-7-8-19(16-20)21-23-24-22(27(21)17-18(3)4)31-15-12-25-10-13-30-14-11-25/h7-9,16,18H,5-6,10-15,17H2,1-4H3. The van der Waals surface area contributed by atoms with Gasteiger partial charge in [0.2, 0.25) is 10.0 Å². The lowest BCUT2D eigenvalue weighted by Crippen LogP contribution is -2.37. The molecular formula is C22H35N5O3S2. The van der Waals surface area contributed by atoms with Crippen LogP contribution < -0.4 is 0 Å². The van der Waals surface area contributed by atoms with Gasteiger partial charge in [0.05, 0.1) is 18.1 Å². The predicted octanol–water partition coefficient (Wildman–Crippen LogP) is 3.06. The van der Waals surface area contributed by atoms with Crippen LogP contribution in [-0.2, 0) is 21.3 Å². The van der Waals surface area contributed by atoms with Crippen LogP contribution in [0.2, 0.25) is 0 Å². The van der Waals surface area contributed by atoms with E-state index in [1.165, 1.54) is 4.31 Å². The third kappa shape index (κ3) is 6.11. The van der Waals surface area contributed by atoms with Crippen LogP contribution in [0.4, 0.5) is 0 Å². The molecule has 0 bridgehead atoms. The first-order valence-corrected chi connectivity index (χ1v) is 13.8. The Bertz CT molecular complexity index is 968. The smallest absolute Gasteiger partial charge is 0.243 e. The van der Waals surface area contributed by atoms with Gasteiger partial charge in [-0.1, -0.05) is 51.6 Å². The quantitative estimate of drug-likeness (QED) is 0.456. The summed E-state index contributed by atoms with van der Waals surface area (Å²) in [4.78, 5) is 2.70. The average Bonchev–Trinajstić information content (AvgIpc) is 3.17. The Labute approximate surface area is 196 Å². The molecule has 0 spiro atoms. The number of aromatic nitrogens is 3. The van der Waals surface area contributed by atoms with Crippen LogP contribution in [0.5, 0.6) is 0 Å². The van der Waals surface area contributed by atoms with Gasteiger partial charge in [0.25, 0.3) is 0 Å². The normalized spacial score (nSPS) is 15.7. The van der Waals surface area contributed by atoms with Crippen molar-refractivity contribution in [1.82, 2.24) is 24.0 Å². The van der Waals surface area contributed by atoms with Gasteiger partial charge in [-0.25, -0.2) is 8.42 Å². The van der Waals surface area contributed by atoms with Gasteiger partial charge >= 0.3 is 0 Å². The summed E-state index contributed by atoms with van der Waals surface area (Å²) < 4.78 is 35.0. The number of morpholine rings is 1. The summed E-state index contributed by atoms with van der Waals surface area (Å²) >= 11 is 1.70. The Morgan fingerprint density at radius 1 is 1.16 bits per heavy atom. The van der Waals surface area contributed by atoms with E-state index in [4.69, 9.17) is 4.74 Å². The molecule has 0 unspecified atom stereocenters. The van der Waals surface area contributed by atoms with Crippen LogP contribution >= 0.6 is 11.8 Å². The highest BCUT2D eigenvalue weighted by atomic mass is 32.2. The lowest BCUT2D eigenvalue weighted by atomic mass is 10.2. The fraction of sp³-hybridized carbons (Fsp3) is 0.636. The zero-order valence-electron chi connectivity index (χ0n) is 19.5. The van der Waals surface area contributed by atoms with Gasteiger partial charge in [0, 0.05) is 50.6 Å². The topological polar surface area (TPSA) is 80.6 Å². The van der Waals surface area contributed by atoms with E-state index in [2.05, 4.69) is 33.5 Å². The number of nitrogens with zero attached hydrogens (tertiary/aromatic N) is 5. The van der Waals surface area contributed by atoms with Crippen molar-refractivity contribution in [3.8, 4) is 11.4 Å². The van der Waals surface area contributed by atoms with Crippen LogP contribution in [0.15, 0.2) is 34.3 Å². The number of hydrogen-bond acceptors (Lipinski definition) is 7. The van der Waals surface area contributed by atoms with Crippen LogP contribution in [0, 0.1) is 5.92 Å². The molecule has 1 aromatic heterocycles. The van der Waals surface area contributed by atoms with Gasteiger partial charge in [-0.2, -0.15) is 4.31 Å². The molecule has 1 saturated heterocycles. The van der Waals surface area contributed by atoms with Gasteiger partial charge in [-0.15, -0.1) is 10.2 Å². The molecule has 0 amide bonds. The third-order valence-corrected chi connectivity index (χ3v) is 8.44. The maximum atomic E-state index is 13.0. The molecule has 0 N–H and O–H groups in total. The summed E-state index contributed by atoms with van der Waals surface area (Å²) in [5.41, 5.74) is 0.770. The molecule has 0 radical (unpaired) electrons. The molecule has 0 aliphatic carbocycles. The van der Waals surface area contributed by atoms with E-state index in [-0.39, 0.29) is 0 Å².